The second kappa shape index (κ2) is 55.7. The van der Waals surface area contributed by atoms with Gasteiger partial charge in [0.05, 0.1) is 0 Å². The zero-order chi connectivity index (χ0) is 40.2. The summed E-state index contributed by atoms with van der Waals surface area (Å²) in [4.78, 5) is 0. The van der Waals surface area contributed by atoms with E-state index >= 15 is 0 Å². The van der Waals surface area contributed by atoms with E-state index in [1.807, 2.05) is 0 Å². The van der Waals surface area contributed by atoms with Gasteiger partial charge in [-0.2, -0.15) is 0 Å². The molecule has 0 aromatic rings. The first kappa shape index (κ1) is 56.7. The van der Waals surface area contributed by atoms with Crippen molar-refractivity contribution in [1.82, 2.24) is 0 Å². The van der Waals surface area contributed by atoms with Gasteiger partial charge in [-0.25, -0.2) is 0 Å². The van der Waals surface area contributed by atoms with Crippen molar-refractivity contribution >= 4 is 21.6 Å². The van der Waals surface area contributed by atoms with Gasteiger partial charge in [0.25, 0.3) is 0 Å². The van der Waals surface area contributed by atoms with Gasteiger partial charge in [0.2, 0.25) is 0 Å². The van der Waals surface area contributed by atoms with Crippen LogP contribution in [0.4, 0.5) is 0 Å². The normalized spacial score (nSPS) is 11.7. The largest absolute Gasteiger partial charge is 0.0942 e. The Morgan fingerprint density at radius 3 is 0.375 bits per heavy atom. The fraction of sp³-hybridized carbons (Fsp3) is 1.00. The first-order valence-corrected chi connectivity index (χ1v) is 29.6. The number of unbranched alkanes of at least 4 members (excludes halogenated alkanes) is 48. The molecule has 0 N–H and O–H groups in total. The molecule has 338 valence electrons. The highest BCUT2D eigenvalue weighted by atomic mass is 33.1. The van der Waals surface area contributed by atoms with Gasteiger partial charge in [-0.05, 0) is 12.8 Å². The Bertz CT molecular complexity index is 580. The third-order valence-corrected chi connectivity index (χ3v) is 15.3. The van der Waals surface area contributed by atoms with Crippen LogP contribution in [0.25, 0.3) is 0 Å². The summed E-state index contributed by atoms with van der Waals surface area (Å²) in [5, 5.41) is 0. The van der Waals surface area contributed by atoms with Crippen LogP contribution < -0.4 is 0 Å². The van der Waals surface area contributed by atoms with E-state index in [0.717, 1.165) is 0 Å². The van der Waals surface area contributed by atoms with E-state index in [4.69, 9.17) is 0 Å². The Labute approximate surface area is 366 Å². The van der Waals surface area contributed by atoms with Crippen molar-refractivity contribution in [1.29, 1.82) is 0 Å². The summed E-state index contributed by atoms with van der Waals surface area (Å²) < 4.78 is 0. The summed E-state index contributed by atoms with van der Waals surface area (Å²) in [5.41, 5.74) is 0. The van der Waals surface area contributed by atoms with Crippen molar-refractivity contribution in [3.63, 3.8) is 0 Å². The molecule has 0 spiro atoms. The monoisotopic (exact) mass is 823 g/mol. The van der Waals surface area contributed by atoms with E-state index in [1.165, 1.54) is 333 Å². The molecule has 0 nitrogen and oxygen atoms in total. The van der Waals surface area contributed by atoms with Crippen molar-refractivity contribution < 1.29 is 0 Å². The molecule has 2 heteroatoms. The van der Waals surface area contributed by atoms with Crippen molar-refractivity contribution in [2.75, 3.05) is 11.5 Å². The second-order valence-electron chi connectivity index (χ2n) is 18.6. The molecule has 0 saturated carbocycles. The van der Waals surface area contributed by atoms with Crippen molar-refractivity contribution in [3.05, 3.63) is 0 Å². The van der Waals surface area contributed by atoms with E-state index in [-0.39, 0.29) is 0 Å². The highest BCUT2D eigenvalue weighted by molar-refractivity contribution is 8.76. The molecule has 0 aliphatic rings. The van der Waals surface area contributed by atoms with Crippen LogP contribution in [-0.4, -0.2) is 11.5 Å². The molecule has 0 aliphatic carbocycles. The molecular formula is C54H110S2. The fourth-order valence-electron chi connectivity index (χ4n) is 8.72. The highest BCUT2D eigenvalue weighted by Gasteiger charge is 1.99. The maximum Gasteiger partial charge on any atom is 0.00369 e. The standard InChI is InChI=1S/C54H110S2/c1-3-5-7-9-11-13-15-17-19-21-23-25-26-27-28-29-30-31-32-33-34-36-38-40-42-44-46-48-50-52-54-56-55-53-51-49-47-45-43-41-39-37-35-24-22-20-18-16-14-12-10-8-6-4-2/h3-54H2,1-2H3. The number of rotatable bonds is 53. The smallest absolute Gasteiger partial charge is 0.00369 e. The predicted molar refractivity (Wildman–Crippen MR) is 267 cm³/mol. The summed E-state index contributed by atoms with van der Waals surface area (Å²) in [6.07, 6.45) is 74.0. The predicted octanol–water partition coefficient (Wildman–Crippen LogP) is 21.9. The molecule has 0 rings (SSSR count). The number of hydrogen-bond acceptors (Lipinski definition) is 2. The lowest BCUT2D eigenvalue weighted by molar-refractivity contribution is 0.513. The van der Waals surface area contributed by atoms with Crippen LogP contribution in [0.5, 0.6) is 0 Å². The average Bonchev–Trinajstić information content (AvgIpc) is 3.21. The molecule has 0 aromatic heterocycles. The van der Waals surface area contributed by atoms with E-state index in [2.05, 4.69) is 35.4 Å². The van der Waals surface area contributed by atoms with Crippen molar-refractivity contribution in [3.8, 4) is 0 Å². The Balaban J connectivity index is 3.05. The highest BCUT2D eigenvalue weighted by Crippen LogP contribution is 2.25. The Hall–Kier alpha value is 0.700. The van der Waals surface area contributed by atoms with Crippen molar-refractivity contribution in [2.24, 2.45) is 0 Å². The molecule has 0 amide bonds. The molecule has 0 atom stereocenters. The summed E-state index contributed by atoms with van der Waals surface area (Å²) in [5.74, 6) is 2.76. The minimum absolute atomic E-state index is 1.37. The van der Waals surface area contributed by atoms with Gasteiger partial charge < -0.3 is 0 Å². The average molecular weight is 824 g/mol. The van der Waals surface area contributed by atoms with E-state index in [1.54, 1.807) is 0 Å². The third-order valence-electron chi connectivity index (χ3n) is 12.7. The minimum atomic E-state index is 1.37. The zero-order valence-electron chi connectivity index (χ0n) is 39.6. The number of hydrogen-bond donors (Lipinski definition) is 0. The third kappa shape index (κ3) is 54.7. The van der Waals surface area contributed by atoms with Gasteiger partial charge >= 0.3 is 0 Å². The molecular weight excluding hydrogens is 713 g/mol. The van der Waals surface area contributed by atoms with Gasteiger partial charge in [0.1, 0.15) is 0 Å². The SMILES string of the molecule is CCCCCCCCCCCCCCCCCCCCCCCCCCCCCCCCSSCCCCCCCCCCCCCCCCCCCCCC. The summed E-state index contributed by atoms with van der Waals surface area (Å²) in [7, 11) is 4.31. The Morgan fingerprint density at radius 1 is 0.143 bits per heavy atom. The molecule has 0 unspecified atom stereocenters. The van der Waals surface area contributed by atoms with E-state index in [0.29, 0.717) is 0 Å². The van der Waals surface area contributed by atoms with Gasteiger partial charge in [-0.15, -0.1) is 0 Å². The van der Waals surface area contributed by atoms with Crippen LogP contribution in [0.1, 0.15) is 335 Å². The van der Waals surface area contributed by atoms with Gasteiger partial charge in [0, 0.05) is 11.5 Å². The molecule has 0 bridgehead atoms. The minimum Gasteiger partial charge on any atom is -0.0942 e. The van der Waals surface area contributed by atoms with Crippen molar-refractivity contribution in [2.45, 2.75) is 335 Å². The second-order valence-corrected chi connectivity index (χ2v) is 21.3. The molecule has 0 fully saturated rings. The maximum absolute atomic E-state index is 2.31. The van der Waals surface area contributed by atoms with Gasteiger partial charge in [0.15, 0.2) is 0 Å². The molecule has 0 aliphatic heterocycles. The first-order valence-electron chi connectivity index (χ1n) is 27.2. The van der Waals surface area contributed by atoms with E-state index < -0.39 is 0 Å². The maximum atomic E-state index is 2.31. The Morgan fingerprint density at radius 2 is 0.250 bits per heavy atom. The van der Waals surface area contributed by atoms with Crippen LogP contribution in [0.2, 0.25) is 0 Å². The van der Waals surface area contributed by atoms with Crippen LogP contribution in [-0.2, 0) is 0 Å². The molecule has 0 aromatic carbocycles. The summed E-state index contributed by atoms with van der Waals surface area (Å²) in [6, 6.07) is 0. The first-order chi connectivity index (χ1) is 27.9. The quantitative estimate of drug-likeness (QED) is 0.0443. The summed E-state index contributed by atoms with van der Waals surface area (Å²) >= 11 is 0. The topological polar surface area (TPSA) is 0 Å². The van der Waals surface area contributed by atoms with Crippen LogP contribution in [0.3, 0.4) is 0 Å². The van der Waals surface area contributed by atoms with E-state index in [9.17, 15) is 0 Å². The van der Waals surface area contributed by atoms with Gasteiger partial charge in [-0.3, -0.25) is 0 Å². The lowest BCUT2D eigenvalue weighted by Gasteiger charge is -2.05. The van der Waals surface area contributed by atoms with Gasteiger partial charge in [-0.1, -0.05) is 344 Å². The fourth-order valence-corrected chi connectivity index (χ4v) is 11.0. The molecule has 0 heterocycles. The molecule has 0 saturated heterocycles. The van der Waals surface area contributed by atoms with Crippen LogP contribution in [0.15, 0.2) is 0 Å². The zero-order valence-corrected chi connectivity index (χ0v) is 41.2. The van der Waals surface area contributed by atoms with Crippen LogP contribution >= 0.6 is 21.6 Å². The Kier molecular flexibility index (Phi) is 56.4. The lowest BCUT2D eigenvalue weighted by Crippen LogP contribution is -1.85. The molecule has 56 heavy (non-hydrogen) atoms. The molecule has 0 radical (unpaired) electrons. The summed E-state index contributed by atoms with van der Waals surface area (Å²) in [6.45, 7) is 4.63. The van der Waals surface area contributed by atoms with Crippen LogP contribution in [0, 0.1) is 0 Å². The lowest BCUT2D eigenvalue weighted by atomic mass is 10.0.